The molecule has 1 fully saturated rings. The van der Waals surface area contributed by atoms with Gasteiger partial charge in [0.1, 0.15) is 24.2 Å². The van der Waals surface area contributed by atoms with Gasteiger partial charge in [0.05, 0.1) is 0 Å². The summed E-state index contributed by atoms with van der Waals surface area (Å²) in [5, 5.41) is 9.32. The van der Waals surface area contributed by atoms with E-state index >= 15 is 0 Å². The van der Waals surface area contributed by atoms with Crippen molar-refractivity contribution in [3.8, 4) is 0 Å². The molecular weight excluding hydrogens is 434 g/mol. The van der Waals surface area contributed by atoms with Crippen molar-refractivity contribution < 1.29 is 19.2 Å². The van der Waals surface area contributed by atoms with Gasteiger partial charge in [0.15, 0.2) is 0 Å². The molecule has 184 valence electrons. The zero-order chi connectivity index (χ0) is 24.8. The molecule has 1 aromatic carbocycles. The number of amides is 4. The fourth-order valence-electron chi connectivity index (χ4n) is 4.30. The van der Waals surface area contributed by atoms with Crippen molar-refractivity contribution in [2.75, 3.05) is 6.54 Å². The highest BCUT2D eigenvalue weighted by molar-refractivity contribution is 5.97. The van der Waals surface area contributed by atoms with E-state index in [1.807, 2.05) is 37.4 Å². The Kier molecular flexibility index (Phi) is 8.31. The van der Waals surface area contributed by atoms with E-state index in [2.05, 4.69) is 20.9 Å². The number of nitrogens with one attached hydrogen (secondary N) is 4. The third kappa shape index (κ3) is 5.76. The molecule has 4 N–H and O–H groups in total. The molecule has 4 atom stereocenters. The van der Waals surface area contributed by atoms with Crippen LogP contribution in [-0.2, 0) is 25.6 Å². The van der Waals surface area contributed by atoms with Gasteiger partial charge in [0.2, 0.25) is 23.6 Å². The Labute approximate surface area is 200 Å². The minimum absolute atomic E-state index is 0.324. The Balaban J connectivity index is 1.75. The first-order valence-corrected chi connectivity index (χ1v) is 12.0. The molecule has 4 unspecified atom stereocenters. The van der Waals surface area contributed by atoms with Crippen LogP contribution in [-0.4, -0.2) is 64.2 Å². The summed E-state index contributed by atoms with van der Waals surface area (Å²) in [5.41, 5.74) is 2.20. The number of hydrogen-bond donors (Lipinski definition) is 4. The van der Waals surface area contributed by atoms with E-state index in [4.69, 9.17) is 0 Å². The summed E-state index contributed by atoms with van der Waals surface area (Å²) in [5.74, 6) is -1.57. The summed E-state index contributed by atoms with van der Waals surface area (Å²) in [6.45, 7) is 7.09. The molecule has 2 heterocycles. The van der Waals surface area contributed by atoms with Gasteiger partial charge in [0.25, 0.3) is 0 Å². The van der Waals surface area contributed by atoms with Crippen molar-refractivity contribution in [1.29, 1.82) is 0 Å². The number of aromatic nitrogens is 1. The molecule has 1 aromatic heterocycles. The molecule has 0 spiro atoms. The molecule has 0 aliphatic carbocycles. The number of benzene rings is 1. The number of aromatic amines is 1. The van der Waals surface area contributed by atoms with Gasteiger partial charge in [-0.2, -0.15) is 0 Å². The Morgan fingerprint density at radius 2 is 1.59 bits per heavy atom. The first-order chi connectivity index (χ1) is 16.2. The molecule has 9 nitrogen and oxygen atoms in total. The normalized spacial score (nSPS) is 24.8. The highest BCUT2D eigenvalue weighted by atomic mass is 16.2. The van der Waals surface area contributed by atoms with Crippen LogP contribution in [0.1, 0.15) is 52.5 Å². The molecule has 9 heteroatoms. The van der Waals surface area contributed by atoms with E-state index in [1.54, 1.807) is 20.8 Å². The fourth-order valence-corrected chi connectivity index (χ4v) is 4.30. The maximum absolute atomic E-state index is 13.1. The minimum Gasteiger partial charge on any atom is -0.361 e. The lowest BCUT2D eigenvalue weighted by molar-refractivity contribution is -0.144. The number of nitrogens with zero attached hydrogens (tertiary/aromatic N) is 1. The highest BCUT2D eigenvalue weighted by Crippen LogP contribution is 2.20. The van der Waals surface area contributed by atoms with Crippen LogP contribution in [0.4, 0.5) is 0 Å². The van der Waals surface area contributed by atoms with Gasteiger partial charge >= 0.3 is 0 Å². The molecule has 1 aliphatic rings. The predicted molar refractivity (Wildman–Crippen MR) is 130 cm³/mol. The van der Waals surface area contributed by atoms with E-state index in [0.717, 1.165) is 22.9 Å². The van der Waals surface area contributed by atoms with Gasteiger partial charge in [-0.25, -0.2) is 0 Å². The van der Waals surface area contributed by atoms with Crippen LogP contribution in [0.25, 0.3) is 10.9 Å². The molecule has 2 aromatic rings. The van der Waals surface area contributed by atoms with Gasteiger partial charge in [-0.05, 0) is 58.1 Å². The van der Waals surface area contributed by atoms with Gasteiger partial charge in [-0.1, -0.05) is 25.1 Å². The second-order valence-corrected chi connectivity index (χ2v) is 8.98. The van der Waals surface area contributed by atoms with Crippen LogP contribution in [0, 0.1) is 0 Å². The molecule has 1 saturated heterocycles. The quantitative estimate of drug-likeness (QED) is 0.513. The molecule has 1 aliphatic heterocycles. The number of H-pyrrole nitrogens is 1. The number of carbonyl (C=O) groups is 4. The molecule has 0 saturated carbocycles. The number of aryl methyl sites for hydroxylation is 1. The average Bonchev–Trinajstić information content (AvgIpc) is 3.23. The molecular formula is C25H35N5O4. The number of hydrogen-bond acceptors (Lipinski definition) is 4. The third-order valence-electron chi connectivity index (χ3n) is 6.32. The molecule has 0 radical (unpaired) electrons. The molecule has 0 bridgehead atoms. The third-order valence-corrected chi connectivity index (χ3v) is 6.32. The second-order valence-electron chi connectivity index (χ2n) is 8.98. The number of rotatable bonds is 6. The first kappa shape index (κ1) is 25.3. The summed E-state index contributed by atoms with van der Waals surface area (Å²) >= 11 is 0. The van der Waals surface area contributed by atoms with E-state index < -0.39 is 41.9 Å². The zero-order valence-electron chi connectivity index (χ0n) is 20.3. The zero-order valence-corrected chi connectivity index (χ0v) is 20.3. The van der Waals surface area contributed by atoms with E-state index in [9.17, 15) is 19.2 Å². The monoisotopic (exact) mass is 469 g/mol. The number of carbonyl (C=O) groups excluding carboxylic acids is 4. The number of fused-ring (bicyclic) bond motifs is 1. The van der Waals surface area contributed by atoms with Crippen LogP contribution in [0.15, 0.2) is 30.5 Å². The lowest BCUT2D eigenvalue weighted by Gasteiger charge is -2.33. The summed E-state index contributed by atoms with van der Waals surface area (Å²) in [6, 6.07) is 4.78. The van der Waals surface area contributed by atoms with Crippen molar-refractivity contribution in [1.82, 2.24) is 25.8 Å². The lowest BCUT2D eigenvalue weighted by Crippen LogP contribution is -2.61. The van der Waals surface area contributed by atoms with Crippen LogP contribution in [0.5, 0.6) is 0 Å². The maximum Gasteiger partial charge on any atom is 0.245 e. The second kappa shape index (κ2) is 11.2. The highest BCUT2D eigenvalue weighted by Gasteiger charge is 2.33. The molecule has 3 rings (SSSR count). The topological polar surface area (TPSA) is 123 Å². The Hall–Kier alpha value is -3.36. The standard InChI is InChI=1S/C25H35N5O4/c1-5-13-30-17(4)23(32)27-15(2)22(31)29-21(24(33)28-16(3)25(30)34)12-8-9-18-14-26-20-11-7-6-10-19(18)20/h6-7,10-11,14-17,21,26H,5,8-9,12-13H2,1-4H3,(H,27,32)(H,28,33)(H,29,31). The Morgan fingerprint density at radius 3 is 2.32 bits per heavy atom. The summed E-state index contributed by atoms with van der Waals surface area (Å²) in [4.78, 5) is 56.3. The van der Waals surface area contributed by atoms with Crippen molar-refractivity contribution in [2.45, 2.75) is 77.5 Å². The smallest absolute Gasteiger partial charge is 0.245 e. The van der Waals surface area contributed by atoms with Crippen molar-refractivity contribution in [3.05, 3.63) is 36.0 Å². The van der Waals surface area contributed by atoms with Crippen LogP contribution in [0.3, 0.4) is 0 Å². The SMILES string of the molecule is CCCN1C(=O)C(C)NC(=O)C(CCCc2c[nH]c3ccccc23)NC(=O)C(C)NC(=O)C1C. The Morgan fingerprint density at radius 1 is 0.882 bits per heavy atom. The summed E-state index contributed by atoms with van der Waals surface area (Å²) in [6.07, 6.45) is 4.41. The lowest BCUT2D eigenvalue weighted by atomic mass is 10.0. The van der Waals surface area contributed by atoms with Crippen molar-refractivity contribution in [2.24, 2.45) is 0 Å². The van der Waals surface area contributed by atoms with Crippen LogP contribution >= 0.6 is 0 Å². The first-order valence-electron chi connectivity index (χ1n) is 12.0. The average molecular weight is 470 g/mol. The van der Waals surface area contributed by atoms with Crippen molar-refractivity contribution in [3.63, 3.8) is 0 Å². The predicted octanol–water partition coefficient (Wildman–Crippen LogP) is 1.63. The van der Waals surface area contributed by atoms with Crippen LogP contribution < -0.4 is 16.0 Å². The Bertz CT molecular complexity index is 1050. The van der Waals surface area contributed by atoms with Gasteiger partial charge in [-0.3, -0.25) is 19.2 Å². The van der Waals surface area contributed by atoms with Crippen molar-refractivity contribution >= 4 is 34.5 Å². The molecule has 34 heavy (non-hydrogen) atoms. The van der Waals surface area contributed by atoms with Crippen LogP contribution in [0.2, 0.25) is 0 Å². The van der Waals surface area contributed by atoms with Gasteiger partial charge in [-0.15, -0.1) is 0 Å². The summed E-state index contributed by atoms with van der Waals surface area (Å²) in [7, 11) is 0. The van der Waals surface area contributed by atoms with Gasteiger partial charge in [0, 0.05) is 23.6 Å². The summed E-state index contributed by atoms with van der Waals surface area (Å²) < 4.78 is 0. The van der Waals surface area contributed by atoms with Gasteiger partial charge < -0.3 is 25.8 Å². The minimum atomic E-state index is -0.839. The maximum atomic E-state index is 13.1. The largest absolute Gasteiger partial charge is 0.361 e. The molecule has 4 amide bonds. The van der Waals surface area contributed by atoms with E-state index in [0.29, 0.717) is 25.8 Å². The van der Waals surface area contributed by atoms with E-state index in [1.165, 1.54) is 4.90 Å². The van der Waals surface area contributed by atoms with E-state index in [-0.39, 0.29) is 5.91 Å². The fraction of sp³-hybridized carbons (Fsp3) is 0.520. The number of para-hydroxylation sites is 1.